The van der Waals surface area contributed by atoms with Gasteiger partial charge in [0.1, 0.15) is 0 Å². The number of ether oxygens (including phenoxy) is 1. The molecule has 0 saturated heterocycles. The maximum Gasteiger partial charge on any atom is 0.0506 e. The Morgan fingerprint density at radius 2 is 1.03 bits per heavy atom. The Kier molecular flexibility index (Phi) is 15.3. The lowest BCUT2D eigenvalue weighted by Gasteiger charge is -2.06. The van der Waals surface area contributed by atoms with Crippen LogP contribution in [0.1, 0.15) is 115 Å². The van der Waals surface area contributed by atoms with Crippen molar-refractivity contribution in [1.29, 1.82) is 0 Å². The maximum absolute atomic E-state index is 5.87. The van der Waals surface area contributed by atoms with Crippen molar-refractivity contribution in [2.45, 2.75) is 116 Å². The summed E-state index contributed by atoms with van der Waals surface area (Å²) in [6.45, 7) is 4.06. The third-order valence-electron chi connectivity index (χ3n) is 6.49. The van der Waals surface area contributed by atoms with Crippen LogP contribution < -0.4 is 0 Å². The van der Waals surface area contributed by atoms with E-state index in [0.29, 0.717) is 0 Å². The van der Waals surface area contributed by atoms with Gasteiger partial charge in [0.05, 0.1) is 6.61 Å². The molecule has 0 amide bonds. The molecule has 0 unspecified atom stereocenters. The van der Waals surface area contributed by atoms with Crippen LogP contribution in [-0.2, 0) is 11.2 Å². The van der Waals surface area contributed by atoms with E-state index in [9.17, 15) is 0 Å². The second-order valence-electron chi connectivity index (χ2n) is 9.35. The molecule has 0 aliphatic carbocycles. The maximum atomic E-state index is 5.87. The molecule has 0 N–H and O–H groups in total. The van der Waals surface area contributed by atoms with E-state index in [2.05, 4.69) is 49.4 Å². The zero-order valence-electron chi connectivity index (χ0n) is 20.4. The molecule has 0 fully saturated rings. The molecule has 0 radical (unpaired) electrons. The zero-order chi connectivity index (χ0) is 21.8. The normalized spacial score (nSPS) is 11.4. The molecule has 1 nitrogen and oxygen atoms in total. The number of benzene rings is 2. The minimum atomic E-state index is 0.844. The van der Waals surface area contributed by atoms with E-state index in [4.69, 9.17) is 4.74 Å². The molecule has 2 rings (SSSR count). The van der Waals surface area contributed by atoms with Crippen LogP contribution in [0.4, 0.5) is 0 Å². The molecule has 174 valence electrons. The van der Waals surface area contributed by atoms with Crippen LogP contribution in [0.3, 0.4) is 0 Å². The van der Waals surface area contributed by atoms with Crippen LogP contribution in [-0.4, -0.2) is 13.2 Å². The lowest BCUT2D eigenvalue weighted by molar-refractivity contribution is 0.133. The quantitative estimate of drug-likeness (QED) is 0.192. The minimum absolute atomic E-state index is 0.844. The number of fused-ring (bicyclic) bond motifs is 1. The molecule has 0 atom stereocenters. The molecule has 0 heterocycles. The first kappa shape index (κ1) is 25.9. The first-order valence-corrected chi connectivity index (χ1v) is 13.5. The smallest absolute Gasteiger partial charge is 0.0506 e. The van der Waals surface area contributed by atoms with Crippen molar-refractivity contribution in [3.63, 3.8) is 0 Å². The zero-order valence-corrected chi connectivity index (χ0v) is 20.4. The molecule has 0 aliphatic rings. The second kappa shape index (κ2) is 18.3. The molecule has 0 bridgehead atoms. The number of hydrogen-bond acceptors (Lipinski definition) is 1. The van der Waals surface area contributed by atoms with Crippen LogP contribution in [0, 0.1) is 0 Å². The fourth-order valence-corrected chi connectivity index (χ4v) is 4.44. The molecular weight excluding hydrogens is 376 g/mol. The van der Waals surface area contributed by atoms with Gasteiger partial charge in [-0.25, -0.2) is 0 Å². The Balaban J connectivity index is 1.29. The minimum Gasteiger partial charge on any atom is -0.381 e. The molecule has 0 aliphatic heterocycles. The monoisotopic (exact) mass is 424 g/mol. The fourth-order valence-electron chi connectivity index (χ4n) is 4.44. The summed E-state index contributed by atoms with van der Waals surface area (Å²) in [5, 5.41) is 2.65. The van der Waals surface area contributed by atoms with Crippen molar-refractivity contribution in [2.75, 3.05) is 13.2 Å². The highest BCUT2D eigenvalue weighted by Gasteiger charge is 1.98. The molecule has 0 spiro atoms. The highest BCUT2D eigenvalue weighted by atomic mass is 16.5. The Morgan fingerprint density at radius 3 is 1.61 bits per heavy atom. The third-order valence-corrected chi connectivity index (χ3v) is 6.49. The molecule has 1 heteroatoms. The van der Waals surface area contributed by atoms with Gasteiger partial charge in [-0.05, 0) is 29.2 Å². The van der Waals surface area contributed by atoms with Gasteiger partial charge in [-0.2, -0.15) is 0 Å². The number of rotatable bonds is 20. The fraction of sp³-hybridized carbons (Fsp3) is 0.667. The lowest BCUT2D eigenvalue weighted by Crippen LogP contribution is -2.00. The highest BCUT2D eigenvalue weighted by molar-refractivity contribution is 5.82. The number of hydrogen-bond donors (Lipinski definition) is 0. The Morgan fingerprint density at radius 1 is 0.516 bits per heavy atom. The van der Waals surface area contributed by atoms with Crippen LogP contribution >= 0.6 is 0 Å². The van der Waals surface area contributed by atoms with E-state index in [1.165, 1.54) is 119 Å². The van der Waals surface area contributed by atoms with Crippen molar-refractivity contribution >= 4 is 10.8 Å². The molecular formula is C30H48O. The lowest BCUT2D eigenvalue weighted by atomic mass is 10.0. The average molecular weight is 425 g/mol. The highest BCUT2D eigenvalue weighted by Crippen LogP contribution is 2.16. The van der Waals surface area contributed by atoms with Gasteiger partial charge in [0.25, 0.3) is 0 Å². The summed E-state index contributed by atoms with van der Waals surface area (Å²) in [5.41, 5.74) is 1.38. The van der Waals surface area contributed by atoms with Crippen LogP contribution in [0.5, 0.6) is 0 Å². The van der Waals surface area contributed by atoms with Crippen molar-refractivity contribution in [3.8, 4) is 0 Å². The van der Waals surface area contributed by atoms with Crippen LogP contribution in [0.25, 0.3) is 10.8 Å². The molecule has 0 aromatic heterocycles. The first-order chi connectivity index (χ1) is 15.4. The standard InChI is InChI=1S/C30H48O/c1-2-3-4-5-6-7-8-9-10-11-12-13-14-15-16-19-25-31-26-24-28-22-23-29-20-17-18-21-30(29)27-28/h17-18,20-23,27H,2-16,19,24-26H2,1H3. The predicted molar refractivity (Wildman–Crippen MR) is 138 cm³/mol. The van der Waals surface area contributed by atoms with Gasteiger partial charge in [-0.15, -0.1) is 0 Å². The molecule has 2 aromatic rings. The summed E-state index contributed by atoms with van der Waals surface area (Å²) in [4.78, 5) is 0. The Labute approximate surface area is 193 Å². The van der Waals surface area contributed by atoms with E-state index >= 15 is 0 Å². The Bertz CT molecular complexity index is 662. The molecule has 2 aromatic carbocycles. The van der Waals surface area contributed by atoms with Crippen LogP contribution in [0.2, 0.25) is 0 Å². The van der Waals surface area contributed by atoms with E-state index in [1.54, 1.807) is 0 Å². The average Bonchev–Trinajstić information content (AvgIpc) is 2.80. The van der Waals surface area contributed by atoms with E-state index in [1.807, 2.05) is 0 Å². The SMILES string of the molecule is CCCCCCCCCCCCCCCCCCOCCc1ccc2ccccc2c1. The summed E-state index contributed by atoms with van der Waals surface area (Å²) in [6.07, 6.45) is 23.7. The number of unbranched alkanes of at least 4 members (excludes halogenated alkanes) is 15. The van der Waals surface area contributed by atoms with Gasteiger partial charge in [0.2, 0.25) is 0 Å². The topological polar surface area (TPSA) is 9.23 Å². The summed E-state index contributed by atoms with van der Waals surface area (Å²) < 4.78 is 5.87. The van der Waals surface area contributed by atoms with Gasteiger partial charge in [0, 0.05) is 6.61 Å². The van der Waals surface area contributed by atoms with E-state index < -0.39 is 0 Å². The van der Waals surface area contributed by atoms with Gasteiger partial charge < -0.3 is 4.74 Å². The van der Waals surface area contributed by atoms with Crippen molar-refractivity contribution in [2.24, 2.45) is 0 Å². The van der Waals surface area contributed by atoms with Gasteiger partial charge in [0.15, 0.2) is 0 Å². The van der Waals surface area contributed by atoms with Crippen LogP contribution in [0.15, 0.2) is 42.5 Å². The predicted octanol–water partition coefficient (Wildman–Crippen LogP) is 9.66. The van der Waals surface area contributed by atoms with Crippen molar-refractivity contribution in [1.82, 2.24) is 0 Å². The van der Waals surface area contributed by atoms with Crippen molar-refractivity contribution in [3.05, 3.63) is 48.0 Å². The van der Waals surface area contributed by atoms with Crippen molar-refractivity contribution < 1.29 is 4.74 Å². The van der Waals surface area contributed by atoms with E-state index in [0.717, 1.165) is 19.6 Å². The summed E-state index contributed by atoms with van der Waals surface area (Å²) >= 11 is 0. The third kappa shape index (κ3) is 13.0. The van der Waals surface area contributed by atoms with Gasteiger partial charge in [-0.3, -0.25) is 0 Å². The van der Waals surface area contributed by atoms with Gasteiger partial charge >= 0.3 is 0 Å². The van der Waals surface area contributed by atoms with E-state index in [-0.39, 0.29) is 0 Å². The summed E-state index contributed by atoms with van der Waals surface area (Å²) in [6, 6.07) is 15.3. The molecule has 31 heavy (non-hydrogen) atoms. The first-order valence-electron chi connectivity index (χ1n) is 13.5. The second-order valence-corrected chi connectivity index (χ2v) is 9.35. The van der Waals surface area contributed by atoms with Gasteiger partial charge in [-0.1, -0.05) is 146 Å². The summed E-state index contributed by atoms with van der Waals surface area (Å²) in [7, 11) is 0. The Hall–Kier alpha value is -1.34. The molecule has 0 saturated carbocycles. The largest absolute Gasteiger partial charge is 0.381 e. The summed E-state index contributed by atoms with van der Waals surface area (Å²) in [5.74, 6) is 0.